The highest BCUT2D eigenvalue weighted by molar-refractivity contribution is 9.10. The lowest BCUT2D eigenvalue weighted by molar-refractivity contribution is -0.115. The van der Waals surface area contributed by atoms with E-state index in [1.807, 2.05) is 35.2 Å². The second-order valence-corrected chi connectivity index (χ2v) is 6.73. The van der Waals surface area contributed by atoms with Crippen molar-refractivity contribution in [1.29, 1.82) is 5.26 Å². The fourth-order valence-electron chi connectivity index (χ4n) is 3.03. The van der Waals surface area contributed by atoms with Crippen LogP contribution >= 0.6 is 15.9 Å². The summed E-state index contributed by atoms with van der Waals surface area (Å²) in [5.41, 5.74) is 3.04. The van der Waals surface area contributed by atoms with Crippen LogP contribution in [0.15, 0.2) is 52.6 Å². The number of nitrogens with zero attached hydrogens (tertiary/aromatic N) is 2. The van der Waals surface area contributed by atoms with Crippen molar-refractivity contribution in [3.05, 3.63) is 63.8 Å². The summed E-state index contributed by atoms with van der Waals surface area (Å²) in [6, 6.07) is 13.4. The van der Waals surface area contributed by atoms with Crippen molar-refractivity contribution in [2.45, 2.75) is 6.54 Å². The first-order chi connectivity index (χ1) is 12.7. The molecule has 0 spiro atoms. The minimum absolute atomic E-state index is 0.138. The molecular formula is C19H14BrN3O3. The molecule has 130 valence electrons. The smallest absolute Gasteiger partial charge is 0.246 e. The molecule has 0 bridgehead atoms. The van der Waals surface area contributed by atoms with Crippen molar-refractivity contribution in [3.8, 4) is 17.6 Å². The van der Waals surface area contributed by atoms with Crippen LogP contribution in [0, 0.1) is 11.3 Å². The Bertz CT molecular complexity index is 965. The van der Waals surface area contributed by atoms with Gasteiger partial charge in [-0.05, 0) is 45.8 Å². The van der Waals surface area contributed by atoms with Crippen LogP contribution in [0.5, 0.6) is 11.5 Å². The molecule has 0 saturated carbocycles. The average molecular weight is 412 g/mol. The molecule has 26 heavy (non-hydrogen) atoms. The Balaban J connectivity index is 1.76. The number of benzene rings is 2. The van der Waals surface area contributed by atoms with Crippen molar-refractivity contribution >= 4 is 27.5 Å². The van der Waals surface area contributed by atoms with Gasteiger partial charge < -0.3 is 19.7 Å². The molecule has 0 aromatic heterocycles. The second kappa shape index (κ2) is 6.73. The maximum atomic E-state index is 11.7. The number of amides is 1. The normalized spacial score (nSPS) is 14.6. The quantitative estimate of drug-likeness (QED) is 0.836. The number of halogens is 1. The Morgan fingerprint density at radius 1 is 1.23 bits per heavy atom. The van der Waals surface area contributed by atoms with E-state index in [4.69, 9.17) is 9.47 Å². The second-order valence-electron chi connectivity index (χ2n) is 5.88. The predicted molar refractivity (Wildman–Crippen MR) is 98.7 cm³/mol. The lowest BCUT2D eigenvalue weighted by atomic mass is 10.1. The topological polar surface area (TPSA) is 74.6 Å². The van der Waals surface area contributed by atoms with E-state index in [0.717, 1.165) is 27.2 Å². The number of para-hydroxylation sites is 1. The Kier molecular flexibility index (Phi) is 4.27. The van der Waals surface area contributed by atoms with Crippen molar-refractivity contribution in [2.24, 2.45) is 0 Å². The van der Waals surface area contributed by atoms with Crippen molar-refractivity contribution < 1.29 is 14.3 Å². The number of fused-ring (bicyclic) bond motifs is 1. The van der Waals surface area contributed by atoms with Crippen LogP contribution in [0.2, 0.25) is 0 Å². The molecule has 0 radical (unpaired) electrons. The van der Waals surface area contributed by atoms with Crippen LogP contribution < -0.4 is 19.7 Å². The summed E-state index contributed by atoms with van der Waals surface area (Å²) in [5.74, 6) is 1.28. The molecule has 2 aliphatic heterocycles. The van der Waals surface area contributed by atoms with Crippen LogP contribution in [-0.2, 0) is 11.3 Å². The van der Waals surface area contributed by atoms with Gasteiger partial charge in [0, 0.05) is 22.8 Å². The number of hydrogen-bond donors (Lipinski definition) is 1. The van der Waals surface area contributed by atoms with E-state index in [0.29, 0.717) is 24.4 Å². The van der Waals surface area contributed by atoms with E-state index in [1.165, 1.54) is 0 Å². The van der Waals surface area contributed by atoms with E-state index in [9.17, 15) is 10.1 Å². The SMILES string of the molecule is N#Cc1cccc(Br)c1N(Cc1ccc2c(c1)OCO2)C1=CC(=O)NC1. The Labute approximate surface area is 158 Å². The predicted octanol–water partition coefficient (Wildman–Crippen LogP) is 3.07. The first-order valence-corrected chi connectivity index (χ1v) is 8.78. The number of carbonyl (C=O) groups is 1. The van der Waals surface area contributed by atoms with Gasteiger partial charge in [0.25, 0.3) is 0 Å². The molecule has 0 fully saturated rings. The first-order valence-electron chi connectivity index (χ1n) is 7.99. The molecular weight excluding hydrogens is 398 g/mol. The molecule has 1 amide bonds. The third-order valence-electron chi connectivity index (χ3n) is 4.24. The van der Waals surface area contributed by atoms with Crippen molar-refractivity contribution in [1.82, 2.24) is 5.32 Å². The lowest BCUT2D eigenvalue weighted by Gasteiger charge is -2.28. The number of rotatable bonds is 4. The zero-order valence-corrected chi connectivity index (χ0v) is 15.2. The largest absolute Gasteiger partial charge is 0.454 e. The van der Waals surface area contributed by atoms with Gasteiger partial charge in [0.2, 0.25) is 12.7 Å². The minimum Gasteiger partial charge on any atom is -0.454 e. The number of nitriles is 1. The molecule has 0 atom stereocenters. The molecule has 6 nitrogen and oxygen atoms in total. The highest BCUT2D eigenvalue weighted by Gasteiger charge is 2.24. The summed E-state index contributed by atoms with van der Waals surface area (Å²) in [4.78, 5) is 13.7. The summed E-state index contributed by atoms with van der Waals surface area (Å²) in [7, 11) is 0. The molecule has 4 rings (SSSR count). The molecule has 0 saturated heterocycles. The standard InChI is InChI=1S/C19H14BrN3O3/c20-15-3-1-2-13(8-21)19(15)23(14-7-18(24)22-9-14)10-12-4-5-16-17(6-12)26-11-25-16/h1-7H,9-11H2,(H,22,24). The van der Waals surface area contributed by atoms with E-state index >= 15 is 0 Å². The van der Waals surface area contributed by atoms with Crippen LogP contribution in [0.4, 0.5) is 5.69 Å². The van der Waals surface area contributed by atoms with Crippen molar-refractivity contribution in [2.75, 3.05) is 18.2 Å². The summed E-state index contributed by atoms with van der Waals surface area (Å²) < 4.78 is 11.6. The molecule has 2 heterocycles. The number of nitrogens with one attached hydrogen (secondary N) is 1. The number of carbonyl (C=O) groups excluding carboxylic acids is 1. The Hall–Kier alpha value is -2.98. The average Bonchev–Trinajstić information content (AvgIpc) is 3.28. The van der Waals surface area contributed by atoms with E-state index < -0.39 is 0 Å². The molecule has 2 aromatic rings. The monoisotopic (exact) mass is 411 g/mol. The summed E-state index contributed by atoms with van der Waals surface area (Å²) in [6.45, 7) is 1.11. The maximum Gasteiger partial charge on any atom is 0.246 e. The van der Waals surface area contributed by atoms with Crippen LogP contribution in [0.3, 0.4) is 0 Å². The summed E-state index contributed by atoms with van der Waals surface area (Å²) in [5, 5.41) is 12.3. The fraction of sp³-hybridized carbons (Fsp3) is 0.158. The van der Waals surface area contributed by atoms with Gasteiger partial charge in [-0.1, -0.05) is 12.1 Å². The number of anilines is 1. The molecule has 1 N–H and O–H groups in total. The first kappa shape index (κ1) is 16.5. The third kappa shape index (κ3) is 3.00. The molecule has 2 aromatic carbocycles. The minimum atomic E-state index is -0.138. The lowest BCUT2D eigenvalue weighted by Crippen LogP contribution is -2.26. The molecule has 0 unspecified atom stereocenters. The highest BCUT2D eigenvalue weighted by Crippen LogP contribution is 2.36. The molecule has 2 aliphatic rings. The van der Waals surface area contributed by atoms with E-state index in [1.54, 1.807) is 12.1 Å². The van der Waals surface area contributed by atoms with E-state index in [2.05, 4.69) is 27.3 Å². The van der Waals surface area contributed by atoms with Crippen LogP contribution in [-0.4, -0.2) is 19.2 Å². The molecule has 7 heteroatoms. The van der Waals surface area contributed by atoms with Gasteiger partial charge in [0.05, 0.1) is 17.8 Å². The third-order valence-corrected chi connectivity index (χ3v) is 4.88. The van der Waals surface area contributed by atoms with Crippen molar-refractivity contribution in [3.63, 3.8) is 0 Å². The van der Waals surface area contributed by atoms with Crippen LogP contribution in [0.25, 0.3) is 0 Å². The van der Waals surface area contributed by atoms with Gasteiger partial charge in [-0.2, -0.15) is 5.26 Å². The molecule has 0 aliphatic carbocycles. The van der Waals surface area contributed by atoms with Gasteiger partial charge in [-0.3, -0.25) is 4.79 Å². The zero-order chi connectivity index (χ0) is 18.1. The summed E-state index contributed by atoms with van der Waals surface area (Å²) in [6.07, 6.45) is 1.56. The summed E-state index contributed by atoms with van der Waals surface area (Å²) >= 11 is 3.54. The van der Waals surface area contributed by atoms with Gasteiger partial charge >= 0.3 is 0 Å². The van der Waals surface area contributed by atoms with Gasteiger partial charge in [-0.15, -0.1) is 0 Å². The Morgan fingerprint density at radius 2 is 2.08 bits per heavy atom. The van der Waals surface area contributed by atoms with Gasteiger partial charge in [0.1, 0.15) is 6.07 Å². The number of hydrogen-bond acceptors (Lipinski definition) is 5. The number of ether oxygens (including phenoxy) is 2. The van der Waals surface area contributed by atoms with Crippen LogP contribution in [0.1, 0.15) is 11.1 Å². The van der Waals surface area contributed by atoms with E-state index in [-0.39, 0.29) is 12.7 Å². The fourth-order valence-corrected chi connectivity index (χ4v) is 3.61. The van der Waals surface area contributed by atoms with Gasteiger partial charge in [-0.25, -0.2) is 0 Å². The zero-order valence-electron chi connectivity index (χ0n) is 13.7. The Morgan fingerprint density at radius 3 is 2.85 bits per heavy atom. The maximum absolute atomic E-state index is 11.7. The highest BCUT2D eigenvalue weighted by atomic mass is 79.9. The van der Waals surface area contributed by atoms with Gasteiger partial charge in [0.15, 0.2) is 11.5 Å².